The van der Waals surface area contributed by atoms with Crippen LogP contribution in [0.4, 0.5) is 0 Å². The summed E-state index contributed by atoms with van der Waals surface area (Å²) in [6, 6.07) is 7.33. The average molecular weight is 284 g/mol. The van der Waals surface area contributed by atoms with E-state index in [0.29, 0.717) is 12.1 Å². The zero-order chi connectivity index (χ0) is 11.4. The second-order valence-electron chi connectivity index (χ2n) is 3.85. The summed E-state index contributed by atoms with van der Waals surface area (Å²) in [5.41, 5.74) is 0.682. The molecule has 1 fully saturated rings. The second kappa shape index (κ2) is 5.46. The Hall–Kier alpha value is -0.870. The predicted molar refractivity (Wildman–Crippen MR) is 65.4 cm³/mol. The van der Waals surface area contributed by atoms with Gasteiger partial charge in [-0.05, 0) is 37.1 Å². The van der Waals surface area contributed by atoms with Gasteiger partial charge in [0.05, 0.1) is 6.10 Å². The molecule has 1 aliphatic heterocycles. The number of halogens is 1. The third kappa shape index (κ3) is 3.06. The van der Waals surface area contributed by atoms with Crippen molar-refractivity contribution in [3.63, 3.8) is 0 Å². The van der Waals surface area contributed by atoms with Gasteiger partial charge in [-0.1, -0.05) is 15.9 Å². The molecule has 1 aromatic carbocycles. The lowest BCUT2D eigenvalue weighted by Crippen LogP contribution is -2.31. The first kappa shape index (κ1) is 11.6. The fourth-order valence-corrected chi connectivity index (χ4v) is 1.98. The maximum atomic E-state index is 11.7. The van der Waals surface area contributed by atoms with Gasteiger partial charge in [0.25, 0.3) is 5.91 Å². The first-order valence-corrected chi connectivity index (χ1v) is 6.20. The molecule has 1 saturated heterocycles. The molecule has 0 aliphatic carbocycles. The number of carbonyl (C=O) groups excluding carboxylic acids is 1. The summed E-state index contributed by atoms with van der Waals surface area (Å²) in [5.74, 6) is -0.0389. The lowest BCUT2D eigenvalue weighted by molar-refractivity contribution is 0.0858. The van der Waals surface area contributed by atoms with Crippen molar-refractivity contribution in [1.82, 2.24) is 5.32 Å². The van der Waals surface area contributed by atoms with Gasteiger partial charge < -0.3 is 10.1 Å². The summed E-state index contributed by atoms with van der Waals surface area (Å²) in [5, 5.41) is 2.88. The minimum absolute atomic E-state index is 0.0389. The zero-order valence-electron chi connectivity index (χ0n) is 8.91. The molecule has 0 spiro atoms. The summed E-state index contributed by atoms with van der Waals surface area (Å²) in [4.78, 5) is 11.7. The van der Waals surface area contributed by atoms with Crippen molar-refractivity contribution in [3.05, 3.63) is 34.3 Å². The molecular formula is C12H14BrNO2. The first-order chi connectivity index (χ1) is 7.75. The largest absolute Gasteiger partial charge is 0.376 e. The van der Waals surface area contributed by atoms with Gasteiger partial charge in [-0.15, -0.1) is 0 Å². The Morgan fingerprint density at radius 2 is 2.19 bits per heavy atom. The lowest BCUT2D eigenvalue weighted by Gasteiger charge is -2.10. The SMILES string of the molecule is O=C(NC[C@@H]1CCCO1)c1ccc(Br)cc1. The van der Waals surface area contributed by atoms with Crippen molar-refractivity contribution < 1.29 is 9.53 Å². The van der Waals surface area contributed by atoms with Crippen LogP contribution in [-0.4, -0.2) is 25.2 Å². The Morgan fingerprint density at radius 1 is 1.44 bits per heavy atom. The standard InChI is InChI=1S/C12H14BrNO2/c13-10-5-3-9(4-6-10)12(15)14-8-11-2-1-7-16-11/h3-6,11H,1-2,7-8H2,(H,14,15)/t11-/m0/s1. The summed E-state index contributed by atoms with van der Waals surface area (Å²) in [6.45, 7) is 1.42. The number of rotatable bonds is 3. The molecule has 3 nitrogen and oxygen atoms in total. The topological polar surface area (TPSA) is 38.3 Å². The highest BCUT2D eigenvalue weighted by Gasteiger charge is 2.16. The molecule has 1 aromatic rings. The molecule has 1 aliphatic rings. The summed E-state index contributed by atoms with van der Waals surface area (Å²) in [7, 11) is 0. The van der Waals surface area contributed by atoms with Gasteiger partial charge >= 0.3 is 0 Å². The predicted octanol–water partition coefficient (Wildman–Crippen LogP) is 2.36. The van der Waals surface area contributed by atoms with E-state index in [2.05, 4.69) is 21.2 Å². The number of nitrogens with one attached hydrogen (secondary N) is 1. The van der Waals surface area contributed by atoms with Gasteiger partial charge in [0.1, 0.15) is 0 Å². The third-order valence-electron chi connectivity index (χ3n) is 2.62. The monoisotopic (exact) mass is 283 g/mol. The van der Waals surface area contributed by atoms with Gasteiger partial charge in [-0.3, -0.25) is 4.79 Å². The fourth-order valence-electron chi connectivity index (χ4n) is 1.72. The summed E-state index contributed by atoms with van der Waals surface area (Å²) >= 11 is 3.34. The lowest BCUT2D eigenvalue weighted by atomic mass is 10.2. The molecule has 1 amide bonds. The Morgan fingerprint density at radius 3 is 2.81 bits per heavy atom. The zero-order valence-corrected chi connectivity index (χ0v) is 10.5. The molecular weight excluding hydrogens is 270 g/mol. The first-order valence-electron chi connectivity index (χ1n) is 5.41. The number of amides is 1. The molecule has 16 heavy (non-hydrogen) atoms. The van der Waals surface area contributed by atoms with Crippen LogP contribution in [-0.2, 0) is 4.74 Å². The van der Waals surface area contributed by atoms with Gasteiger partial charge in [0.2, 0.25) is 0 Å². The molecule has 1 heterocycles. The van der Waals surface area contributed by atoms with Crippen LogP contribution in [0, 0.1) is 0 Å². The Labute approximate surface area is 103 Å². The molecule has 4 heteroatoms. The molecule has 2 rings (SSSR count). The van der Waals surface area contributed by atoms with Gasteiger partial charge in [0.15, 0.2) is 0 Å². The van der Waals surface area contributed by atoms with Crippen LogP contribution >= 0.6 is 15.9 Å². The summed E-state index contributed by atoms with van der Waals surface area (Å²) < 4.78 is 6.41. The minimum atomic E-state index is -0.0389. The van der Waals surface area contributed by atoms with E-state index in [1.165, 1.54) is 0 Å². The van der Waals surface area contributed by atoms with E-state index in [-0.39, 0.29) is 12.0 Å². The molecule has 1 N–H and O–H groups in total. The van der Waals surface area contributed by atoms with Crippen LogP contribution in [0.15, 0.2) is 28.7 Å². The highest BCUT2D eigenvalue weighted by Crippen LogP contribution is 2.12. The van der Waals surface area contributed by atoms with Crippen molar-refractivity contribution in [1.29, 1.82) is 0 Å². The Balaban J connectivity index is 1.85. The molecule has 0 saturated carbocycles. The number of hydrogen-bond acceptors (Lipinski definition) is 2. The Kier molecular flexibility index (Phi) is 3.96. The molecule has 1 atom stereocenters. The van der Waals surface area contributed by atoms with E-state index in [4.69, 9.17) is 4.74 Å². The minimum Gasteiger partial charge on any atom is -0.376 e. The number of ether oxygens (including phenoxy) is 1. The van der Waals surface area contributed by atoms with Crippen LogP contribution in [0.5, 0.6) is 0 Å². The number of hydrogen-bond donors (Lipinski definition) is 1. The smallest absolute Gasteiger partial charge is 0.251 e. The van der Waals surface area contributed by atoms with E-state index in [9.17, 15) is 4.79 Å². The van der Waals surface area contributed by atoms with Gasteiger partial charge in [-0.2, -0.15) is 0 Å². The average Bonchev–Trinajstić information content (AvgIpc) is 2.80. The maximum Gasteiger partial charge on any atom is 0.251 e. The van der Waals surface area contributed by atoms with E-state index in [1.807, 2.05) is 12.1 Å². The highest BCUT2D eigenvalue weighted by atomic mass is 79.9. The second-order valence-corrected chi connectivity index (χ2v) is 4.77. The van der Waals surface area contributed by atoms with E-state index in [0.717, 1.165) is 23.9 Å². The quantitative estimate of drug-likeness (QED) is 0.925. The van der Waals surface area contributed by atoms with Crippen LogP contribution < -0.4 is 5.32 Å². The number of benzene rings is 1. The summed E-state index contributed by atoms with van der Waals surface area (Å²) in [6.07, 6.45) is 2.33. The maximum absolute atomic E-state index is 11.7. The van der Waals surface area contributed by atoms with Crippen molar-refractivity contribution >= 4 is 21.8 Å². The normalized spacial score (nSPS) is 19.7. The van der Waals surface area contributed by atoms with Crippen LogP contribution in [0.2, 0.25) is 0 Å². The molecule has 86 valence electrons. The highest BCUT2D eigenvalue weighted by molar-refractivity contribution is 9.10. The van der Waals surface area contributed by atoms with Crippen LogP contribution in [0.3, 0.4) is 0 Å². The van der Waals surface area contributed by atoms with Crippen molar-refractivity contribution in [2.75, 3.05) is 13.2 Å². The van der Waals surface area contributed by atoms with Crippen molar-refractivity contribution in [2.45, 2.75) is 18.9 Å². The van der Waals surface area contributed by atoms with Gasteiger partial charge in [-0.25, -0.2) is 0 Å². The van der Waals surface area contributed by atoms with Crippen molar-refractivity contribution in [2.24, 2.45) is 0 Å². The van der Waals surface area contributed by atoms with Crippen LogP contribution in [0.25, 0.3) is 0 Å². The van der Waals surface area contributed by atoms with Crippen molar-refractivity contribution in [3.8, 4) is 0 Å². The third-order valence-corrected chi connectivity index (χ3v) is 3.15. The molecule has 0 radical (unpaired) electrons. The van der Waals surface area contributed by atoms with Gasteiger partial charge in [0, 0.05) is 23.2 Å². The van der Waals surface area contributed by atoms with E-state index >= 15 is 0 Å². The number of carbonyl (C=O) groups is 1. The van der Waals surface area contributed by atoms with E-state index < -0.39 is 0 Å². The Bertz CT molecular complexity index is 358. The van der Waals surface area contributed by atoms with Crippen LogP contribution in [0.1, 0.15) is 23.2 Å². The molecule has 0 unspecified atom stereocenters. The van der Waals surface area contributed by atoms with E-state index in [1.54, 1.807) is 12.1 Å². The molecule has 0 aromatic heterocycles. The molecule has 0 bridgehead atoms. The fraction of sp³-hybridized carbons (Fsp3) is 0.417.